The van der Waals surface area contributed by atoms with Gasteiger partial charge in [0.2, 0.25) is 0 Å². The maximum absolute atomic E-state index is 12.5. The van der Waals surface area contributed by atoms with Gasteiger partial charge in [-0.2, -0.15) is 5.10 Å². The van der Waals surface area contributed by atoms with E-state index >= 15 is 0 Å². The van der Waals surface area contributed by atoms with Gasteiger partial charge in [0.15, 0.2) is 0 Å². The summed E-state index contributed by atoms with van der Waals surface area (Å²) < 4.78 is 7.62. The first-order valence-electron chi connectivity index (χ1n) is 7.73. The summed E-state index contributed by atoms with van der Waals surface area (Å²) in [5.41, 5.74) is 3.39. The molecule has 5 nitrogen and oxygen atoms in total. The molecule has 0 fully saturated rings. The molecule has 0 radical (unpaired) electrons. The summed E-state index contributed by atoms with van der Waals surface area (Å²) >= 11 is 5.76. The second kappa shape index (κ2) is 6.62. The summed E-state index contributed by atoms with van der Waals surface area (Å²) in [6.45, 7) is 4.81. The molecule has 0 saturated carbocycles. The molecule has 1 aliphatic rings. The van der Waals surface area contributed by atoms with Crippen molar-refractivity contribution in [1.82, 2.24) is 15.1 Å². The Labute approximate surface area is 140 Å². The lowest BCUT2D eigenvalue weighted by atomic mass is 10.1. The van der Waals surface area contributed by atoms with Crippen LogP contribution in [-0.2, 0) is 13.0 Å². The van der Waals surface area contributed by atoms with Gasteiger partial charge >= 0.3 is 0 Å². The van der Waals surface area contributed by atoms with E-state index in [2.05, 4.69) is 16.5 Å². The van der Waals surface area contributed by atoms with E-state index < -0.39 is 0 Å². The van der Waals surface area contributed by atoms with Gasteiger partial charge < -0.3 is 10.1 Å². The minimum atomic E-state index is -0.111. The van der Waals surface area contributed by atoms with Crippen LogP contribution in [0.3, 0.4) is 0 Å². The number of halogens is 1. The molecular weight excluding hydrogens is 314 g/mol. The lowest BCUT2D eigenvalue weighted by Crippen LogP contribution is -2.35. The van der Waals surface area contributed by atoms with Gasteiger partial charge in [-0.1, -0.05) is 18.2 Å². The van der Waals surface area contributed by atoms with Crippen LogP contribution in [0, 0.1) is 13.8 Å². The lowest BCUT2D eigenvalue weighted by Gasteiger charge is -2.12. The van der Waals surface area contributed by atoms with E-state index in [1.807, 2.05) is 32.0 Å². The fourth-order valence-electron chi connectivity index (χ4n) is 2.99. The van der Waals surface area contributed by atoms with Crippen LogP contribution < -0.4 is 10.1 Å². The van der Waals surface area contributed by atoms with Gasteiger partial charge in [0.25, 0.3) is 5.91 Å². The molecule has 1 amide bonds. The highest BCUT2D eigenvalue weighted by atomic mass is 35.5. The molecule has 23 heavy (non-hydrogen) atoms. The highest BCUT2D eigenvalue weighted by molar-refractivity contribution is 6.17. The number of fused-ring (bicyclic) bond motifs is 1. The summed E-state index contributed by atoms with van der Waals surface area (Å²) in [5.74, 6) is 1.27. The van der Waals surface area contributed by atoms with Crippen LogP contribution in [0.5, 0.6) is 5.75 Å². The number of benzene rings is 1. The molecule has 122 valence electrons. The van der Waals surface area contributed by atoms with E-state index in [9.17, 15) is 4.79 Å². The molecular formula is C17H20ClN3O2. The van der Waals surface area contributed by atoms with Crippen molar-refractivity contribution in [2.24, 2.45) is 0 Å². The fraction of sp³-hybridized carbons (Fsp3) is 0.412. The number of rotatable bonds is 5. The van der Waals surface area contributed by atoms with E-state index in [4.69, 9.17) is 16.3 Å². The van der Waals surface area contributed by atoms with Crippen molar-refractivity contribution in [2.45, 2.75) is 32.9 Å². The number of alkyl halides is 1. The quantitative estimate of drug-likeness (QED) is 0.855. The molecule has 1 unspecified atom stereocenters. The average molecular weight is 334 g/mol. The van der Waals surface area contributed by atoms with Crippen molar-refractivity contribution >= 4 is 17.5 Å². The Balaban J connectivity index is 1.63. The molecule has 2 aromatic rings. The molecule has 1 N–H and O–H groups in total. The van der Waals surface area contributed by atoms with Crippen LogP contribution in [-0.4, -0.2) is 34.2 Å². The second-order valence-corrected chi connectivity index (χ2v) is 6.10. The average Bonchev–Trinajstić information content (AvgIpc) is 3.06. The predicted octanol–water partition coefficient (Wildman–Crippen LogP) is 2.47. The van der Waals surface area contributed by atoms with E-state index in [-0.39, 0.29) is 12.0 Å². The smallest absolute Gasteiger partial charge is 0.255 e. The van der Waals surface area contributed by atoms with Crippen molar-refractivity contribution in [3.05, 3.63) is 46.8 Å². The van der Waals surface area contributed by atoms with Crippen LogP contribution >= 0.6 is 11.6 Å². The predicted molar refractivity (Wildman–Crippen MR) is 89.3 cm³/mol. The highest BCUT2D eigenvalue weighted by Gasteiger charge is 2.24. The molecule has 1 atom stereocenters. The zero-order valence-corrected chi connectivity index (χ0v) is 14.1. The Bertz CT molecular complexity index is 702. The Kier molecular flexibility index (Phi) is 4.57. The Morgan fingerprint density at radius 1 is 1.43 bits per heavy atom. The maximum atomic E-state index is 12.5. The van der Waals surface area contributed by atoms with Gasteiger partial charge in [0.1, 0.15) is 11.9 Å². The normalized spacial score (nSPS) is 16.0. The third-order valence-electron chi connectivity index (χ3n) is 4.11. The minimum absolute atomic E-state index is 0.0187. The molecule has 2 heterocycles. The molecule has 1 aromatic heterocycles. The number of hydrogen-bond acceptors (Lipinski definition) is 3. The third kappa shape index (κ3) is 3.20. The number of amides is 1. The van der Waals surface area contributed by atoms with Crippen LogP contribution in [0.1, 0.15) is 27.3 Å². The monoisotopic (exact) mass is 333 g/mol. The largest absolute Gasteiger partial charge is 0.488 e. The van der Waals surface area contributed by atoms with E-state index in [1.165, 1.54) is 5.56 Å². The summed E-state index contributed by atoms with van der Waals surface area (Å²) in [6.07, 6.45) is 0.801. The first-order valence-corrected chi connectivity index (χ1v) is 8.26. The second-order valence-electron chi connectivity index (χ2n) is 5.72. The number of nitrogens with zero attached hydrogens (tertiary/aromatic N) is 2. The third-order valence-corrected chi connectivity index (χ3v) is 4.28. The number of carbonyl (C=O) groups is 1. The molecule has 6 heteroatoms. The number of hydrogen-bond donors (Lipinski definition) is 1. The molecule has 3 rings (SSSR count). The zero-order valence-electron chi connectivity index (χ0n) is 13.3. The summed E-state index contributed by atoms with van der Waals surface area (Å²) in [7, 11) is 0. The fourth-order valence-corrected chi connectivity index (χ4v) is 3.15. The number of aryl methyl sites for hydroxylation is 2. The van der Waals surface area contributed by atoms with Crippen LogP contribution in [0.4, 0.5) is 0 Å². The molecule has 0 aliphatic carbocycles. The summed E-state index contributed by atoms with van der Waals surface area (Å²) in [4.78, 5) is 12.5. The van der Waals surface area contributed by atoms with Gasteiger partial charge in [0.05, 0.1) is 24.3 Å². The lowest BCUT2D eigenvalue weighted by molar-refractivity contribution is 0.0932. The van der Waals surface area contributed by atoms with E-state index in [0.29, 0.717) is 24.5 Å². The molecule has 0 bridgehead atoms. The highest BCUT2D eigenvalue weighted by Crippen LogP contribution is 2.27. The molecule has 1 aromatic carbocycles. The number of nitrogens with one attached hydrogen (secondary N) is 1. The number of para-hydroxylation sites is 1. The van der Waals surface area contributed by atoms with Crippen LogP contribution in [0.25, 0.3) is 0 Å². The van der Waals surface area contributed by atoms with Crippen LogP contribution in [0.2, 0.25) is 0 Å². The number of ether oxygens (including phenoxy) is 1. The molecule has 0 spiro atoms. The van der Waals surface area contributed by atoms with Crippen molar-refractivity contribution < 1.29 is 9.53 Å². The van der Waals surface area contributed by atoms with Gasteiger partial charge in [-0.15, -0.1) is 11.6 Å². The first kappa shape index (κ1) is 15.9. The Hall–Kier alpha value is -2.01. The Morgan fingerprint density at radius 3 is 2.96 bits per heavy atom. The summed E-state index contributed by atoms with van der Waals surface area (Å²) in [5, 5.41) is 7.34. The van der Waals surface area contributed by atoms with E-state index in [1.54, 1.807) is 4.68 Å². The van der Waals surface area contributed by atoms with Gasteiger partial charge in [0, 0.05) is 18.0 Å². The summed E-state index contributed by atoms with van der Waals surface area (Å²) in [6, 6.07) is 7.97. The van der Waals surface area contributed by atoms with Gasteiger partial charge in [-0.25, -0.2) is 0 Å². The van der Waals surface area contributed by atoms with Gasteiger partial charge in [-0.05, 0) is 25.5 Å². The van der Waals surface area contributed by atoms with Crippen molar-refractivity contribution in [2.75, 3.05) is 12.4 Å². The minimum Gasteiger partial charge on any atom is -0.488 e. The topological polar surface area (TPSA) is 56.2 Å². The zero-order chi connectivity index (χ0) is 16.4. The van der Waals surface area contributed by atoms with Crippen molar-refractivity contribution in [3.8, 4) is 5.75 Å². The number of aromatic nitrogens is 2. The first-order chi connectivity index (χ1) is 11.1. The standard InChI is InChI=1S/C17H20ClN3O2/c1-11-16(12(2)21(20-11)8-7-18)17(22)19-10-14-9-13-5-3-4-6-15(13)23-14/h3-6,14H,7-10H2,1-2H3,(H,19,22). The number of carbonyl (C=O) groups excluding carboxylic acids is 1. The maximum Gasteiger partial charge on any atom is 0.255 e. The Morgan fingerprint density at radius 2 is 2.22 bits per heavy atom. The van der Waals surface area contributed by atoms with Crippen molar-refractivity contribution in [3.63, 3.8) is 0 Å². The molecule has 1 aliphatic heterocycles. The van der Waals surface area contributed by atoms with Crippen LogP contribution in [0.15, 0.2) is 24.3 Å². The van der Waals surface area contributed by atoms with Gasteiger partial charge in [-0.3, -0.25) is 9.48 Å². The van der Waals surface area contributed by atoms with Crippen molar-refractivity contribution in [1.29, 1.82) is 0 Å². The van der Waals surface area contributed by atoms with E-state index in [0.717, 1.165) is 23.6 Å². The SMILES string of the molecule is Cc1nn(CCCl)c(C)c1C(=O)NCC1Cc2ccccc2O1. The molecule has 0 saturated heterocycles.